The lowest BCUT2D eigenvalue weighted by molar-refractivity contribution is -0.202. The highest BCUT2D eigenvalue weighted by atomic mass is 19.4. The van der Waals surface area contributed by atoms with Crippen molar-refractivity contribution in [1.82, 2.24) is 0 Å². The molecule has 0 atom stereocenters. The number of hydrogen-bond acceptors (Lipinski definition) is 2. The lowest BCUT2D eigenvalue weighted by Gasteiger charge is -2.27. The van der Waals surface area contributed by atoms with Crippen molar-refractivity contribution in [3.8, 4) is 11.1 Å². The lowest BCUT2D eigenvalue weighted by Crippen LogP contribution is -2.25. The van der Waals surface area contributed by atoms with E-state index in [0.717, 1.165) is 6.07 Å². The highest BCUT2D eigenvalue weighted by Crippen LogP contribution is 2.34. The molecule has 0 bridgehead atoms. The third-order valence-electron chi connectivity index (χ3n) is 4.21. The van der Waals surface area contributed by atoms with Gasteiger partial charge in [0.2, 0.25) is 0 Å². The zero-order valence-electron chi connectivity index (χ0n) is 15.0. The molecule has 156 valence electrons. The van der Waals surface area contributed by atoms with Gasteiger partial charge in [-0.3, -0.25) is 0 Å². The molecular weight excluding hydrogens is 405 g/mol. The van der Waals surface area contributed by atoms with Crippen LogP contribution in [-0.2, 0) is 9.47 Å². The van der Waals surface area contributed by atoms with Crippen LogP contribution in [-0.4, -0.2) is 19.4 Å². The Morgan fingerprint density at radius 3 is 2.07 bits per heavy atom. The van der Waals surface area contributed by atoms with Crippen molar-refractivity contribution in [1.29, 1.82) is 0 Å². The molecule has 1 aliphatic heterocycles. The summed E-state index contributed by atoms with van der Waals surface area (Å²) < 4.78 is 104. The molecule has 1 heterocycles. The van der Waals surface area contributed by atoms with E-state index in [0.29, 0.717) is 30.9 Å². The van der Waals surface area contributed by atoms with Crippen LogP contribution in [0.25, 0.3) is 17.0 Å². The van der Waals surface area contributed by atoms with Gasteiger partial charge >= 0.3 is 6.18 Å². The van der Waals surface area contributed by atoms with Crippen LogP contribution in [0.2, 0.25) is 0 Å². The molecule has 9 heteroatoms. The van der Waals surface area contributed by atoms with Gasteiger partial charge in [0.1, 0.15) is 23.3 Å². The number of hydrogen-bond donors (Lipinski definition) is 0. The van der Waals surface area contributed by atoms with Gasteiger partial charge in [0.25, 0.3) is 0 Å². The molecule has 0 spiro atoms. The summed E-state index contributed by atoms with van der Waals surface area (Å²) >= 11 is 0. The normalized spacial score (nSPS) is 20.8. The van der Waals surface area contributed by atoms with Crippen LogP contribution < -0.4 is 0 Å². The van der Waals surface area contributed by atoms with Crippen LogP contribution in [0.1, 0.15) is 24.3 Å². The Morgan fingerprint density at radius 2 is 1.55 bits per heavy atom. The Balaban J connectivity index is 1.92. The van der Waals surface area contributed by atoms with E-state index in [2.05, 4.69) is 0 Å². The first kappa shape index (κ1) is 21.3. The van der Waals surface area contributed by atoms with Gasteiger partial charge in [0.15, 0.2) is 6.29 Å². The van der Waals surface area contributed by atoms with Crippen molar-refractivity contribution in [2.75, 3.05) is 13.2 Å². The van der Waals surface area contributed by atoms with Gasteiger partial charge in [-0.15, -0.1) is 0 Å². The van der Waals surface area contributed by atoms with E-state index in [4.69, 9.17) is 9.47 Å². The predicted molar refractivity (Wildman–Crippen MR) is 90.7 cm³/mol. The summed E-state index contributed by atoms with van der Waals surface area (Å²) in [6, 6.07) is 4.87. The van der Waals surface area contributed by atoms with E-state index in [9.17, 15) is 30.7 Å². The zero-order chi connectivity index (χ0) is 21.3. The minimum atomic E-state index is -5.09. The first-order chi connectivity index (χ1) is 13.5. The summed E-state index contributed by atoms with van der Waals surface area (Å²) in [5.41, 5.74) is -1.63. The second kappa shape index (κ2) is 8.16. The first-order valence-corrected chi connectivity index (χ1v) is 8.52. The van der Waals surface area contributed by atoms with E-state index in [-0.39, 0.29) is 17.0 Å². The van der Waals surface area contributed by atoms with Crippen LogP contribution in [0.3, 0.4) is 0 Å². The molecule has 0 radical (unpaired) electrons. The minimum Gasteiger partial charge on any atom is -0.348 e. The molecule has 2 aromatic rings. The van der Waals surface area contributed by atoms with E-state index >= 15 is 0 Å². The molecule has 0 unspecified atom stereocenters. The largest absolute Gasteiger partial charge is 0.412 e. The zero-order valence-corrected chi connectivity index (χ0v) is 15.0. The van der Waals surface area contributed by atoms with Gasteiger partial charge in [-0.25, -0.2) is 17.6 Å². The summed E-state index contributed by atoms with van der Waals surface area (Å²) in [4.78, 5) is 0. The second-order valence-corrected chi connectivity index (χ2v) is 6.69. The quantitative estimate of drug-likeness (QED) is 0.541. The van der Waals surface area contributed by atoms with Gasteiger partial charge < -0.3 is 9.47 Å². The Hall–Kier alpha value is -2.39. The monoisotopic (exact) mass is 420 g/mol. The van der Waals surface area contributed by atoms with E-state index in [1.807, 2.05) is 6.92 Å². The Bertz CT molecular complexity index is 906. The number of alkyl halides is 3. The Labute approximate surface area is 161 Å². The van der Waals surface area contributed by atoms with Gasteiger partial charge in [-0.2, -0.15) is 13.2 Å². The van der Waals surface area contributed by atoms with Gasteiger partial charge in [0.05, 0.1) is 24.9 Å². The molecule has 0 N–H and O–H groups in total. The van der Waals surface area contributed by atoms with Crippen molar-refractivity contribution >= 4 is 5.83 Å². The van der Waals surface area contributed by atoms with Crippen molar-refractivity contribution < 1.29 is 40.2 Å². The molecule has 2 nitrogen and oxygen atoms in total. The molecule has 0 amide bonds. The molecule has 3 rings (SSSR count). The summed E-state index contributed by atoms with van der Waals surface area (Å²) in [6.45, 7) is 2.76. The first-order valence-electron chi connectivity index (χ1n) is 8.52. The molecular formula is C20H15F7O2. The third kappa shape index (κ3) is 4.97. The topological polar surface area (TPSA) is 18.5 Å². The maximum Gasteiger partial charge on any atom is 0.412 e. The number of ether oxygens (including phenoxy) is 2. The van der Waals surface area contributed by atoms with Crippen molar-refractivity contribution in [3.63, 3.8) is 0 Å². The van der Waals surface area contributed by atoms with Gasteiger partial charge in [0, 0.05) is 17.0 Å². The molecule has 29 heavy (non-hydrogen) atoms. The van der Waals surface area contributed by atoms with Crippen molar-refractivity contribution in [3.05, 3.63) is 65.0 Å². The van der Waals surface area contributed by atoms with Crippen LogP contribution in [0, 0.1) is 23.4 Å². The molecule has 1 saturated heterocycles. The lowest BCUT2D eigenvalue weighted by atomic mass is 10.00. The van der Waals surface area contributed by atoms with Crippen molar-refractivity contribution in [2.45, 2.75) is 19.4 Å². The Morgan fingerprint density at radius 1 is 0.966 bits per heavy atom. The summed E-state index contributed by atoms with van der Waals surface area (Å²) in [6.07, 6.45) is -6.73. The van der Waals surface area contributed by atoms with E-state index in [1.165, 1.54) is 12.1 Å². The third-order valence-corrected chi connectivity index (χ3v) is 4.21. The van der Waals surface area contributed by atoms with Crippen molar-refractivity contribution in [2.24, 2.45) is 5.92 Å². The molecule has 1 fully saturated rings. The average Bonchev–Trinajstić information content (AvgIpc) is 2.60. The highest BCUT2D eigenvalue weighted by Gasteiger charge is 2.28. The molecule has 0 aliphatic carbocycles. The summed E-state index contributed by atoms with van der Waals surface area (Å²) in [5, 5.41) is 0. The SMILES string of the molecule is CC1COC(c2ccc(-c3cc(F)c(/C(F)=C/C(F)(F)F)c(F)c3)c(F)c2)OC1. The number of allylic oxidation sites excluding steroid dienone is 1. The van der Waals surface area contributed by atoms with Crippen LogP contribution in [0.4, 0.5) is 30.7 Å². The van der Waals surface area contributed by atoms with Crippen LogP contribution in [0.15, 0.2) is 36.4 Å². The minimum absolute atomic E-state index is 0.187. The highest BCUT2D eigenvalue weighted by molar-refractivity contribution is 5.69. The fourth-order valence-electron chi connectivity index (χ4n) is 2.88. The van der Waals surface area contributed by atoms with E-state index < -0.39 is 47.4 Å². The maximum atomic E-state index is 14.5. The standard InChI is InChI=1S/C20H15F7O2/c1-10-8-28-19(29-9-10)11-2-3-13(14(21)4-11)12-5-15(22)18(16(23)6-12)17(24)7-20(25,26)27/h2-7,10,19H,8-9H2,1H3/b17-7-. The van der Waals surface area contributed by atoms with Crippen LogP contribution in [0.5, 0.6) is 0 Å². The van der Waals surface area contributed by atoms with Crippen LogP contribution >= 0.6 is 0 Å². The predicted octanol–water partition coefficient (Wildman–Crippen LogP) is 6.33. The van der Waals surface area contributed by atoms with Gasteiger partial charge in [-0.1, -0.05) is 19.1 Å². The fraction of sp³-hybridized carbons (Fsp3) is 0.300. The molecule has 0 saturated carbocycles. The summed E-state index contributed by atoms with van der Waals surface area (Å²) in [5.74, 6) is -5.96. The fourth-order valence-corrected chi connectivity index (χ4v) is 2.88. The average molecular weight is 420 g/mol. The number of rotatable bonds is 3. The van der Waals surface area contributed by atoms with E-state index in [1.54, 1.807) is 0 Å². The Kier molecular flexibility index (Phi) is 6.00. The molecule has 1 aliphatic rings. The smallest absolute Gasteiger partial charge is 0.348 e. The maximum absolute atomic E-state index is 14.5. The number of halogens is 7. The van der Waals surface area contributed by atoms with Gasteiger partial charge in [-0.05, 0) is 23.8 Å². The number of benzene rings is 2. The molecule has 0 aromatic heterocycles. The second-order valence-electron chi connectivity index (χ2n) is 6.69. The molecule has 2 aromatic carbocycles. The summed E-state index contributed by atoms with van der Waals surface area (Å²) in [7, 11) is 0.